The van der Waals surface area contributed by atoms with Crippen LogP contribution in [0.4, 0.5) is 0 Å². The quantitative estimate of drug-likeness (QED) is 0.625. The Morgan fingerprint density at radius 2 is 1.74 bits per heavy atom. The number of H-pyrrole nitrogens is 1. The first-order chi connectivity index (χ1) is 17.0. The van der Waals surface area contributed by atoms with Crippen molar-refractivity contribution in [1.82, 2.24) is 19.8 Å². The summed E-state index contributed by atoms with van der Waals surface area (Å²) in [5.41, 5.74) is 2.10. The van der Waals surface area contributed by atoms with Crippen molar-refractivity contribution in [3.63, 3.8) is 0 Å². The largest absolute Gasteiger partial charge is 0.329 e. The second-order valence-corrected chi connectivity index (χ2v) is 10.7. The molecule has 1 N–H and O–H groups in total. The Bertz CT molecular complexity index is 1290. The lowest BCUT2D eigenvalue weighted by Gasteiger charge is -2.51. The molecule has 3 fully saturated rings. The first-order valence-electron chi connectivity index (χ1n) is 12.7. The van der Waals surface area contributed by atoms with Crippen molar-refractivity contribution < 1.29 is 4.79 Å². The summed E-state index contributed by atoms with van der Waals surface area (Å²) in [6, 6.07) is 22.4. The van der Waals surface area contributed by atoms with Gasteiger partial charge < -0.3 is 9.88 Å². The van der Waals surface area contributed by atoms with E-state index in [4.69, 9.17) is 0 Å². The van der Waals surface area contributed by atoms with Gasteiger partial charge in [0.1, 0.15) is 11.5 Å². The Labute approximate surface area is 206 Å². The molecule has 6 heteroatoms. The monoisotopic (exact) mass is 468 g/mol. The van der Waals surface area contributed by atoms with Crippen LogP contribution in [0.2, 0.25) is 0 Å². The van der Waals surface area contributed by atoms with Crippen LogP contribution in [0.5, 0.6) is 0 Å². The minimum Gasteiger partial charge on any atom is -0.329 e. The molecule has 6 rings (SSSR count). The van der Waals surface area contributed by atoms with Crippen LogP contribution in [0.3, 0.4) is 0 Å². The fourth-order valence-corrected chi connectivity index (χ4v) is 7.25. The lowest BCUT2D eigenvalue weighted by atomic mass is 9.64. The molecule has 1 aromatic heterocycles. The standard InChI is InChI=1S/C29H32N4O2/c1-29-18-23-22(16-19-10-5-3-6-11-19)32(2)24(29)14-9-15-25(29)33(23)28(35)21-17-26(34)31-27(30-21)20-12-7-4-8-13-20/h3-8,10-13,17,22-25H,9,14-16,18H2,1-2H3,(H,30,31,34)/t22-,23+,24-,25+,29-/m1/s1. The molecule has 2 aromatic carbocycles. The van der Waals surface area contributed by atoms with Gasteiger partial charge in [0.25, 0.3) is 11.5 Å². The molecule has 180 valence electrons. The highest BCUT2D eigenvalue weighted by Crippen LogP contribution is 2.56. The van der Waals surface area contributed by atoms with E-state index in [2.05, 4.69) is 58.0 Å². The zero-order valence-electron chi connectivity index (χ0n) is 20.4. The minimum atomic E-state index is -0.296. The van der Waals surface area contributed by atoms with Crippen LogP contribution < -0.4 is 5.56 Å². The Kier molecular flexibility index (Phi) is 5.37. The van der Waals surface area contributed by atoms with E-state index in [1.807, 2.05) is 36.4 Å². The van der Waals surface area contributed by atoms with Gasteiger partial charge in [-0.05, 0) is 44.7 Å². The number of likely N-dealkylation sites (tertiary alicyclic amines) is 2. The molecule has 2 bridgehead atoms. The number of nitrogens with zero attached hydrogens (tertiary/aromatic N) is 3. The highest BCUT2D eigenvalue weighted by Gasteiger charge is 2.63. The Hall–Kier alpha value is -3.25. The average molecular weight is 469 g/mol. The van der Waals surface area contributed by atoms with Crippen molar-refractivity contribution in [1.29, 1.82) is 0 Å². The number of fused-ring (bicyclic) bond motifs is 1. The van der Waals surface area contributed by atoms with Gasteiger partial charge in [-0.3, -0.25) is 14.5 Å². The van der Waals surface area contributed by atoms with E-state index in [-0.39, 0.29) is 40.7 Å². The molecule has 35 heavy (non-hydrogen) atoms. The van der Waals surface area contributed by atoms with Gasteiger partial charge in [-0.25, -0.2) is 4.98 Å². The number of likely N-dealkylation sites (N-methyl/N-ethyl adjacent to an activating group) is 1. The maximum atomic E-state index is 14.2. The van der Waals surface area contributed by atoms with Crippen molar-refractivity contribution in [3.8, 4) is 11.4 Å². The molecule has 3 aliphatic rings. The van der Waals surface area contributed by atoms with E-state index in [0.29, 0.717) is 11.9 Å². The third-order valence-corrected chi connectivity index (χ3v) is 8.81. The fraction of sp³-hybridized carbons (Fsp3) is 0.414. The summed E-state index contributed by atoms with van der Waals surface area (Å²) >= 11 is 0. The third kappa shape index (κ3) is 3.62. The maximum absolute atomic E-state index is 14.2. The van der Waals surface area contributed by atoms with Gasteiger partial charge in [0.15, 0.2) is 0 Å². The second kappa shape index (κ2) is 8.45. The summed E-state index contributed by atoms with van der Waals surface area (Å²) in [5.74, 6) is 0.329. The first-order valence-corrected chi connectivity index (χ1v) is 12.7. The van der Waals surface area contributed by atoms with Crippen LogP contribution in [-0.2, 0) is 6.42 Å². The summed E-state index contributed by atoms with van der Waals surface area (Å²) in [6.45, 7) is 2.37. The molecule has 5 atom stereocenters. The van der Waals surface area contributed by atoms with Crippen molar-refractivity contribution in [2.45, 2.75) is 63.2 Å². The predicted molar refractivity (Wildman–Crippen MR) is 136 cm³/mol. The summed E-state index contributed by atoms with van der Waals surface area (Å²) in [7, 11) is 2.25. The van der Waals surface area contributed by atoms with Crippen LogP contribution in [-0.4, -0.2) is 56.9 Å². The molecule has 3 aromatic rings. The topological polar surface area (TPSA) is 69.3 Å². The fourth-order valence-electron chi connectivity index (χ4n) is 7.25. The molecule has 2 aliphatic heterocycles. The molecular weight excluding hydrogens is 436 g/mol. The van der Waals surface area contributed by atoms with Crippen LogP contribution in [0.15, 0.2) is 71.5 Å². The Morgan fingerprint density at radius 1 is 1.06 bits per heavy atom. The number of benzene rings is 2. The van der Waals surface area contributed by atoms with Gasteiger partial charge in [-0.2, -0.15) is 0 Å². The Morgan fingerprint density at radius 3 is 2.49 bits per heavy atom. The van der Waals surface area contributed by atoms with E-state index in [1.54, 1.807) is 0 Å². The maximum Gasteiger partial charge on any atom is 0.273 e. The van der Waals surface area contributed by atoms with E-state index < -0.39 is 0 Å². The Balaban J connectivity index is 1.40. The van der Waals surface area contributed by atoms with E-state index in [0.717, 1.165) is 31.2 Å². The van der Waals surface area contributed by atoms with E-state index in [9.17, 15) is 9.59 Å². The lowest BCUT2D eigenvalue weighted by Crippen LogP contribution is -2.59. The highest BCUT2D eigenvalue weighted by atomic mass is 16.2. The van der Waals surface area contributed by atoms with Crippen LogP contribution >= 0.6 is 0 Å². The number of hydrogen-bond acceptors (Lipinski definition) is 4. The summed E-state index contributed by atoms with van der Waals surface area (Å²) < 4.78 is 0. The number of piperidine rings is 1. The second-order valence-electron chi connectivity index (χ2n) is 10.7. The molecule has 2 saturated heterocycles. The van der Waals surface area contributed by atoms with Gasteiger partial charge in [0.2, 0.25) is 0 Å². The summed E-state index contributed by atoms with van der Waals surface area (Å²) in [5, 5.41) is 0. The van der Waals surface area contributed by atoms with Gasteiger partial charge in [-0.15, -0.1) is 0 Å². The molecule has 0 unspecified atom stereocenters. The molecular formula is C29H32N4O2. The van der Waals surface area contributed by atoms with Crippen LogP contribution in [0.1, 0.15) is 48.7 Å². The molecule has 1 aliphatic carbocycles. The molecule has 3 heterocycles. The number of carbonyl (C=O) groups is 1. The number of amides is 1. The zero-order chi connectivity index (χ0) is 24.2. The highest BCUT2D eigenvalue weighted by molar-refractivity contribution is 5.93. The normalized spacial score (nSPS) is 29.8. The third-order valence-electron chi connectivity index (χ3n) is 8.81. The van der Waals surface area contributed by atoms with Crippen molar-refractivity contribution in [2.75, 3.05) is 7.05 Å². The SMILES string of the molecule is CN1[C@H](Cc2ccccc2)[C@@H]2C[C@@]3(C)[C@H](CCC[C@@H]13)N2C(=O)c1cc(=O)[nH]c(-c2ccccc2)n1. The average Bonchev–Trinajstić information content (AvgIpc) is 3.18. The van der Waals surface area contributed by atoms with Gasteiger partial charge in [0.05, 0.1) is 0 Å². The number of hydrogen-bond donors (Lipinski definition) is 1. The van der Waals surface area contributed by atoms with Crippen molar-refractivity contribution in [3.05, 3.63) is 88.3 Å². The predicted octanol–water partition coefficient (Wildman–Crippen LogP) is 4.14. The minimum absolute atomic E-state index is 0.0595. The van der Waals surface area contributed by atoms with Gasteiger partial charge >= 0.3 is 0 Å². The molecule has 0 spiro atoms. The lowest BCUT2D eigenvalue weighted by molar-refractivity contribution is -0.00397. The number of nitrogens with one attached hydrogen (secondary N) is 1. The van der Waals surface area contributed by atoms with Gasteiger partial charge in [-0.1, -0.05) is 67.6 Å². The number of aromatic amines is 1. The first kappa shape index (κ1) is 22.2. The molecule has 6 nitrogen and oxygen atoms in total. The van der Waals surface area contributed by atoms with Crippen molar-refractivity contribution >= 4 is 5.91 Å². The molecule has 0 radical (unpaired) electrons. The number of rotatable bonds is 4. The molecule has 1 amide bonds. The molecule has 1 saturated carbocycles. The summed E-state index contributed by atoms with van der Waals surface area (Å²) in [4.78, 5) is 38.9. The van der Waals surface area contributed by atoms with E-state index in [1.165, 1.54) is 18.1 Å². The van der Waals surface area contributed by atoms with E-state index >= 15 is 0 Å². The van der Waals surface area contributed by atoms with Crippen LogP contribution in [0, 0.1) is 5.41 Å². The number of aromatic nitrogens is 2. The van der Waals surface area contributed by atoms with Crippen LogP contribution in [0.25, 0.3) is 11.4 Å². The summed E-state index contributed by atoms with van der Waals surface area (Å²) in [6.07, 6.45) is 5.20. The van der Waals surface area contributed by atoms with Crippen molar-refractivity contribution in [2.24, 2.45) is 5.41 Å². The van der Waals surface area contributed by atoms with Gasteiger partial charge in [0, 0.05) is 41.2 Å². The number of carbonyl (C=O) groups excluding carboxylic acids is 1. The smallest absolute Gasteiger partial charge is 0.273 e. The zero-order valence-corrected chi connectivity index (χ0v) is 20.4.